The van der Waals surface area contributed by atoms with Crippen molar-refractivity contribution in [3.63, 3.8) is 0 Å². The highest BCUT2D eigenvalue weighted by Gasteiger charge is 2.32. The number of hydrogen-bond acceptors (Lipinski definition) is 7. The molecule has 0 aliphatic carbocycles. The van der Waals surface area contributed by atoms with Gasteiger partial charge in [-0.1, -0.05) is 26.0 Å². The molecule has 10 N–H and O–H groups in total. The Morgan fingerprint density at radius 1 is 1.05 bits per heavy atom. The van der Waals surface area contributed by atoms with E-state index in [-0.39, 0.29) is 42.9 Å². The minimum Gasteiger partial charge on any atom is -0.508 e. The number of nitrogens with zero attached hydrogens (tertiary/aromatic N) is 1. The molecule has 1 aliphatic heterocycles. The predicted molar refractivity (Wildman–Crippen MR) is 141 cm³/mol. The zero-order chi connectivity index (χ0) is 28.2. The lowest BCUT2D eigenvalue weighted by molar-refractivity contribution is -0.142. The van der Waals surface area contributed by atoms with Gasteiger partial charge in [0.05, 0.1) is 6.04 Å². The lowest BCUT2D eigenvalue weighted by atomic mass is 10.00. The molecule has 1 fully saturated rings. The van der Waals surface area contributed by atoms with Crippen molar-refractivity contribution in [2.45, 2.75) is 70.1 Å². The topological polar surface area (TPSA) is 221 Å². The largest absolute Gasteiger partial charge is 0.508 e. The molecule has 3 amide bonds. The number of carbonyl (C=O) groups excluding carboxylic acids is 3. The number of nitrogens with two attached hydrogens (primary N) is 2. The van der Waals surface area contributed by atoms with Gasteiger partial charge in [-0.15, -0.1) is 0 Å². The number of phenols is 1. The number of benzene rings is 1. The summed E-state index contributed by atoms with van der Waals surface area (Å²) in [6, 6.07) is 2.58. The number of aliphatic carboxylic acids is 1. The number of guanidine groups is 1. The van der Waals surface area contributed by atoms with Crippen LogP contribution in [-0.2, 0) is 25.6 Å². The van der Waals surface area contributed by atoms with E-state index in [0.717, 1.165) is 6.42 Å². The summed E-state index contributed by atoms with van der Waals surface area (Å²) in [5, 5.41) is 30.2. The smallest absolute Gasteiger partial charge is 0.326 e. The van der Waals surface area contributed by atoms with E-state index in [1.807, 2.05) is 0 Å². The molecule has 4 atom stereocenters. The van der Waals surface area contributed by atoms with Gasteiger partial charge in [-0.3, -0.25) is 19.4 Å². The Kier molecular flexibility index (Phi) is 11.8. The third kappa shape index (κ3) is 9.88. The molecule has 0 radical (unpaired) electrons. The molecule has 210 valence electrons. The lowest BCUT2D eigenvalue weighted by Crippen LogP contribution is -2.58. The van der Waals surface area contributed by atoms with Crippen molar-refractivity contribution in [1.29, 1.82) is 0 Å². The van der Waals surface area contributed by atoms with Gasteiger partial charge >= 0.3 is 5.97 Å². The highest BCUT2D eigenvalue weighted by Crippen LogP contribution is 2.13. The molecule has 2 rings (SSSR count). The summed E-state index contributed by atoms with van der Waals surface area (Å²) in [4.78, 5) is 54.7. The minimum absolute atomic E-state index is 0.0665. The van der Waals surface area contributed by atoms with Crippen LogP contribution in [0.25, 0.3) is 0 Å². The third-order valence-corrected chi connectivity index (χ3v) is 6.19. The Labute approximate surface area is 221 Å². The lowest BCUT2D eigenvalue weighted by Gasteiger charge is -2.27. The highest BCUT2D eigenvalue weighted by molar-refractivity contribution is 5.94. The molecule has 0 spiro atoms. The summed E-state index contributed by atoms with van der Waals surface area (Å²) in [6.07, 6.45) is 2.03. The van der Waals surface area contributed by atoms with E-state index >= 15 is 0 Å². The number of phenolic OH excluding ortho intramolecular Hbond substituents is 1. The van der Waals surface area contributed by atoms with Gasteiger partial charge in [0.1, 0.15) is 23.9 Å². The monoisotopic (exact) mass is 533 g/mol. The molecule has 0 bridgehead atoms. The molecule has 4 unspecified atom stereocenters. The van der Waals surface area contributed by atoms with Crippen molar-refractivity contribution in [3.05, 3.63) is 29.8 Å². The van der Waals surface area contributed by atoms with E-state index in [9.17, 15) is 29.4 Å². The average Bonchev–Trinajstić information content (AvgIpc) is 3.39. The average molecular weight is 534 g/mol. The van der Waals surface area contributed by atoms with Crippen LogP contribution in [0.15, 0.2) is 29.3 Å². The number of aromatic hydroxyl groups is 1. The second kappa shape index (κ2) is 14.8. The molecule has 1 heterocycles. The van der Waals surface area contributed by atoms with Gasteiger partial charge in [0.25, 0.3) is 0 Å². The van der Waals surface area contributed by atoms with E-state index in [0.29, 0.717) is 24.9 Å². The zero-order valence-corrected chi connectivity index (χ0v) is 21.8. The van der Waals surface area contributed by atoms with E-state index in [1.165, 1.54) is 12.1 Å². The maximum atomic E-state index is 13.3. The van der Waals surface area contributed by atoms with Crippen molar-refractivity contribution in [2.24, 2.45) is 22.4 Å². The Morgan fingerprint density at radius 2 is 1.74 bits per heavy atom. The van der Waals surface area contributed by atoms with Crippen molar-refractivity contribution < 1.29 is 29.4 Å². The fourth-order valence-electron chi connectivity index (χ4n) is 4.07. The summed E-state index contributed by atoms with van der Waals surface area (Å²) in [5.41, 5.74) is 11.2. The van der Waals surface area contributed by atoms with Gasteiger partial charge in [-0.2, -0.15) is 0 Å². The molecule has 1 aromatic carbocycles. The molecule has 0 saturated carbocycles. The van der Waals surface area contributed by atoms with Gasteiger partial charge < -0.3 is 42.9 Å². The highest BCUT2D eigenvalue weighted by atomic mass is 16.4. The Balaban J connectivity index is 2.12. The van der Waals surface area contributed by atoms with Crippen LogP contribution in [0.5, 0.6) is 5.75 Å². The second-order valence-electron chi connectivity index (χ2n) is 9.66. The normalized spacial score (nSPS) is 17.2. The van der Waals surface area contributed by atoms with Gasteiger partial charge in [-0.25, -0.2) is 4.79 Å². The van der Waals surface area contributed by atoms with Crippen LogP contribution in [0.2, 0.25) is 0 Å². The number of rotatable bonds is 14. The SMILES string of the molecule is CC(C)C(NC(=O)C(Cc1ccc(O)cc1)NC(=O)C1CCCN1)C(=O)NC(CCCN=C(N)N)C(=O)O. The van der Waals surface area contributed by atoms with Crippen LogP contribution in [0.1, 0.15) is 45.1 Å². The van der Waals surface area contributed by atoms with E-state index in [1.54, 1.807) is 26.0 Å². The Morgan fingerprint density at radius 3 is 2.29 bits per heavy atom. The van der Waals surface area contributed by atoms with Gasteiger partial charge in [-0.05, 0) is 55.8 Å². The number of aliphatic imine (C=N–C) groups is 1. The van der Waals surface area contributed by atoms with Crippen LogP contribution in [0.4, 0.5) is 0 Å². The number of carboxylic acid groups (broad SMARTS) is 1. The van der Waals surface area contributed by atoms with Crippen molar-refractivity contribution in [3.8, 4) is 5.75 Å². The third-order valence-electron chi connectivity index (χ3n) is 6.19. The molecule has 13 heteroatoms. The second-order valence-corrected chi connectivity index (χ2v) is 9.66. The fraction of sp³-hybridized carbons (Fsp3) is 0.560. The fourth-order valence-corrected chi connectivity index (χ4v) is 4.07. The number of carboxylic acids is 1. The first-order valence-electron chi connectivity index (χ1n) is 12.7. The van der Waals surface area contributed by atoms with Gasteiger partial charge in [0.15, 0.2) is 5.96 Å². The maximum Gasteiger partial charge on any atom is 0.326 e. The summed E-state index contributed by atoms with van der Waals surface area (Å²) in [7, 11) is 0. The first kappa shape index (κ1) is 30.4. The number of nitrogens with one attached hydrogen (secondary N) is 4. The summed E-state index contributed by atoms with van der Waals surface area (Å²) in [5.74, 6) is -3.21. The van der Waals surface area contributed by atoms with Crippen molar-refractivity contribution in [1.82, 2.24) is 21.3 Å². The molecule has 0 aromatic heterocycles. The van der Waals surface area contributed by atoms with E-state index in [2.05, 4.69) is 26.3 Å². The Hall–Kier alpha value is -3.87. The summed E-state index contributed by atoms with van der Waals surface area (Å²) in [6.45, 7) is 4.35. The zero-order valence-electron chi connectivity index (χ0n) is 21.8. The van der Waals surface area contributed by atoms with Gasteiger partial charge in [0, 0.05) is 13.0 Å². The minimum atomic E-state index is -1.22. The van der Waals surface area contributed by atoms with Crippen LogP contribution >= 0.6 is 0 Å². The summed E-state index contributed by atoms with van der Waals surface area (Å²) >= 11 is 0. The van der Waals surface area contributed by atoms with Crippen LogP contribution in [-0.4, -0.2) is 77.1 Å². The van der Waals surface area contributed by atoms with Gasteiger partial charge in [0.2, 0.25) is 17.7 Å². The first-order chi connectivity index (χ1) is 18.0. The van der Waals surface area contributed by atoms with Crippen LogP contribution in [0.3, 0.4) is 0 Å². The van der Waals surface area contributed by atoms with E-state index < -0.39 is 42.0 Å². The van der Waals surface area contributed by atoms with E-state index in [4.69, 9.17) is 11.5 Å². The molecular formula is C25H39N7O6. The molecule has 13 nitrogen and oxygen atoms in total. The first-order valence-corrected chi connectivity index (χ1v) is 12.7. The molecule has 1 aromatic rings. The standard InChI is InChI=1S/C25H39N7O6/c1-14(2)20(23(36)30-18(24(37)38)6-4-12-29-25(26)27)32-22(35)19(13-15-7-9-16(33)10-8-15)31-21(34)17-5-3-11-28-17/h7-10,14,17-20,28,33H,3-6,11-13H2,1-2H3,(H,30,36)(H,31,34)(H,32,35)(H,37,38)(H4,26,27,29). The van der Waals surface area contributed by atoms with Crippen LogP contribution < -0.4 is 32.7 Å². The molecule has 38 heavy (non-hydrogen) atoms. The summed E-state index contributed by atoms with van der Waals surface area (Å²) < 4.78 is 0. The van der Waals surface area contributed by atoms with Crippen LogP contribution in [0, 0.1) is 5.92 Å². The number of carbonyl (C=O) groups is 4. The molecular weight excluding hydrogens is 494 g/mol. The molecule has 1 aliphatic rings. The van der Waals surface area contributed by atoms with Crippen molar-refractivity contribution in [2.75, 3.05) is 13.1 Å². The quantitative estimate of drug-likeness (QED) is 0.0827. The van der Waals surface area contributed by atoms with Crippen molar-refractivity contribution >= 4 is 29.7 Å². The number of hydrogen-bond donors (Lipinski definition) is 8. The number of amides is 3. The molecule has 1 saturated heterocycles. The Bertz CT molecular complexity index is 988. The predicted octanol–water partition coefficient (Wildman–Crippen LogP) is -1.06. The maximum absolute atomic E-state index is 13.3.